The van der Waals surface area contributed by atoms with Crippen molar-refractivity contribution >= 4 is 34.5 Å². The molecule has 2 atom stereocenters. The number of nitrogens with zero attached hydrogens (tertiary/aromatic N) is 6. The fraction of sp³-hybridized carbons (Fsp3) is 0.464. The van der Waals surface area contributed by atoms with Crippen LogP contribution in [0.25, 0.3) is 10.9 Å². The maximum Gasteiger partial charge on any atom is 0.282 e. The van der Waals surface area contributed by atoms with E-state index < -0.39 is 11.7 Å². The van der Waals surface area contributed by atoms with E-state index in [2.05, 4.69) is 40.0 Å². The van der Waals surface area contributed by atoms with Crippen molar-refractivity contribution in [2.24, 2.45) is 0 Å². The monoisotopic (exact) mass is 550 g/mol. The second-order valence-electron chi connectivity index (χ2n) is 10.6. The number of nitrogens with one attached hydrogen (secondary N) is 2. The number of H-pyrrole nitrogens is 1. The lowest BCUT2D eigenvalue weighted by molar-refractivity contribution is -0.129. The highest BCUT2D eigenvalue weighted by atomic mass is 19.1. The molecule has 5 rings (SSSR count). The number of ether oxygens (including phenoxy) is 1. The first-order chi connectivity index (χ1) is 19.1. The third-order valence-corrected chi connectivity index (χ3v) is 7.62. The molecule has 1 aromatic carbocycles. The number of halogens is 1. The van der Waals surface area contributed by atoms with Gasteiger partial charge in [0.2, 0.25) is 11.9 Å². The minimum Gasteiger partial charge on any atom is -0.368 e. The van der Waals surface area contributed by atoms with Gasteiger partial charge in [-0.15, -0.1) is 0 Å². The average molecular weight is 551 g/mol. The molecule has 1 unspecified atom stereocenters. The molecule has 2 N–H and O–H groups in total. The number of fused-ring (bicyclic) bond motifs is 2. The molecule has 11 nitrogen and oxygen atoms in total. The molecule has 2 amide bonds. The Morgan fingerprint density at radius 3 is 2.80 bits per heavy atom. The minimum absolute atomic E-state index is 0.00620. The number of carbonyl (C=O) groups excluding carboxylic acids is 2. The molecule has 40 heavy (non-hydrogen) atoms. The summed E-state index contributed by atoms with van der Waals surface area (Å²) in [7, 11) is 3.45. The van der Waals surface area contributed by atoms with Crippen LogP contribution in [0.15, 0.2) is 30.7 Å². The van der Waals surface area contributed by atoms with E-state index in [1.165, 1.54) is 4.90 Å². The molecule has 0 saturated carbocycles. The number of piperazine rings is 1. The highest BCUT2D eigenvalue weighted by Crippen LogP contribution is 2.38. The first kappa shape index (κ1) is 27.5. The molecule has 0 bridgehead atoms. The molecule has 2 aliphatic rings. The molecule has 12 heteroatoms. The summed E-state index contributed by atoms with van der Waals surface area (Å²) >= 11 is 0. The number of aryl methyl sites for hydroxylation is 1. The normalized spacial score (nSPS) is 18.9. The van der Waals surface area contributed by atoms with Crippen molar-refractivity contribution in [3.63, 3.8) is 0 Å². The number of aromatic amines is 1. The van der Waals surface area contributed by atoms with Crippen molar-refractivity contribution in [1.82, 2.24) is 30.0 Å². The van der Waals surface area contributed by atoms with Gasteiger partial charge in [0.05, 0.1) is 30.1 Å². The Morgan fingerprint density at radius 1 is 1.27 bits per heavy atom. The SMILES string of the molecule is C=C(F)C(=O)N1CCN(c2nc(NCCC(=O)N(C)C)nc3c2COC(c2c(C)ccc4[nH]ncc24)C3)[C@@H](C)C1. The van der Waals surface area contributed by atoms with Gasteiger partial charge in [-0.3, -0.25) is 14.7 Å². The van der Waals surface area contributed by atoms with Crippen LogP contribution < -0.4 is 10.2 Å². The maximum absolute atomic E-state index is 13.5. The van der Waals surface area contributed by atoms with E-state index in [4.69, 9.17) is 14.7 Å². The quantitative estimate of drug-likeness (QED) is 0.431. The van der Waals surface area contributed by atoms with Crippen LogP contribution in [0.4, 0.5) is 16.2 Å². The second-order valence-corrected chi connectivity index (χ2v) is 10.6. The topological polar surface area (TPSA) is 120 Å². The highest BCUT2D eigenvalue weighted by molar-refractivity contribution is 5.90. The van der Waals surface area contributed by atoms with Crippen LogP contribution in [0.3, 0.4) is 0 Å². The largest absolute Gasteiger partial charge is 0.368 e. The molecule has 1 fully saturated rings. The van der Waals surface area contributed by atoms with Gasteiger partial charge in [-0.2, -0.15) is 10.1 Å². The number of hydrogen-bond donors (Lipinski definition) is 2. The lowest BCUT2D eigenvalue weighted by Gasteiger charge is -2.41. The van der Waals surface area contributed by atoms with Crippen LogP contribution in [0.2, 0.25) is 0 Å². The smallest absolute Gasteiger partial charge is 0.282 e. The Morgan fingerprint density at radius 2 is 2.08 bits per heavy atom. The summed E-state index contributed by atoms with van der Waals surface area (Å²) in [6.07, 6.45) is 2.45. The van der Waals surface area contributed by atoms with Crippen LogP contribution in [-0.4, -0.2) is 88.1 Å². The van der Waals surface area contributed by atoms with Gasteiger partial charge in [0.1, 0.15) is 5.82 Å². The Hall–Kier alpha value is -4.06. The van der Waals surface area contributed by atoms with Crippen molar-refractivity contribution in [2.75, 3.05) is 50.5 Å². The van der Waals surface area contributed by atoms with Gasteiger partial charge in [-0.05, 0) is 31.0 Å². The molecule has 4 heterocycles. The maximum atomic E-state index is 13.5. The number of carbonyl (C=O) groups is 2. The third-order valence-electron chi connectivity index (χ3n) is 7.62. The van der Waals surface area contributed by atoms with Gasteiger partial charge >= 0.3 is 0 Å². The van der Waals surface area contributed by atoms with Gasteiger partial charge in [0.25, 0.3) is 5.91 Å². The summed E-state index contributed by atoms with van der Waals surface area (Å²) < 4.78 is 20.0. The zero-order valence-corrected chi connectivity index (χ0v) is 23.3. The Bertz CT molecular complexity index is 1450. The molecule has 0 spiro atoms. The van der Waals surface area contributed by atoms with E-state index in [1.54, 1.807) is 19.0 Å². The van der Waals surface area contributed by atoms with E-state index in [0.29, 0.717) is 51.6 Å². The second kappa shape index (κ2) is 11.2. The van der Waals surface area contributed by atoms with E-state index >= 15 is 0 Å². The van der Waals surface area contributed by atoms with E-state index in [0.717, 1.165) is 39.1 Å². The number of benzene rings is 1. The first-order valence-corrected chi connectivity index (χ1v) is 13.4. The fourth-order valence-electron chi connectivity index (χ4n) is 5.46. The Balaban J connectivity index is 1.46. The summed E-state index contributed by atoms with van der Waals surface area (Å²) in [6.45, 7) is 9.06. The molecule has 2 aliphatic heterocycles. The van der Waals surface area contributed by atoms with E-state index in [1.807, 2.05) is 19.2 Å². The van der Waals surface area contributed by atoms with Crippen molar-refractivity contribution in [2.45, 2.75) is 45.4 Å². The molecular formula is C28H35FN8O3. The average Bonchev–Trinajstić information content (AvgIpc) is 3.40. The van der Waals surface area contributed by atoms with Gasteiger partial charge in [-0.1, -0.05) is 12.6 Å². The van der Waals surface area contributed by atoms with Crippen molar-refractivity contribution in [1.29, 1.82) is 0 Å². The van der Waals surface area contributed by atoms with Gasteiger partial charge in [0, 0.05) is 70.1 Å². The predicted octanol–water partition coefficient (Wildman–Crippen LogP) is 2.89. The van der Waals surface area contributed by atoms with Crippen molar-refractivity contribution in [3.05, 3.63) is 53.1 Å². The highest BCUT2D eigenvalue weighted by Gasteiger charge is 2.34. The number of amides is 2. The molecule has 0 radical (unpaired) electrons. The van der Waals surface area contributed by atoms with E-state index in [-0.39, 0.29) is 18.1 Å². The molecule has 212 valence electrons. The van der Waals surface area contributed by atoms with Crippen molar-refractivity contribution in [3.8, 4) is 0 Å². The predicted molar refractivity (Wildman–Crippen MR) is 150 cm³/mol. The van der Waals surface area contributed by atoms with Gasteiger partial charge < -0.3 is 24.8 Å². The van der Waals surface area contributed by atoms with Crippen LogP contribution in [0.5, 0.6) is 0 Å². The standard InChI is InChI=1S/C28H35FN8O3/c1-16-6-7-21-19(13-31-34-21)25(16)23-12-22-20(15-40-23)26(33-28(32-22)30-9-8-24(38)35(4)5)37-11-10-36(14-17(37)2)27(39)18(3)29/h6-7,13,17,23H,3,8-12,14-15H2,1-2,4-5H3,(H,31,34)(H,30,32,33)/t17-,23?/m0/s1. The molecule has 1 saturated heterocycles. The molecule has 0 aliphatic carbocycles. The molecule has 3 aromatic rings. The van der Waals surface area contributed by atoms with Crippen LogP contribution in [-0.2, 0) is 27.4 Å². The molecule has 2 aromatic heterocycles. The number of anilines is 2. The number of hydrogen-bond acceptors (Lipinski definition) is 8. The van der Waals surface area contributed by atoms with Crippen LogP contribution in [0.1, 0.15) is 41.8 Å². The zero-order chi connectivity index (χ0) is 28.6. The minimum atomic E-state index is -0.957. The lowest BCUT2D eigenvalue weighted by Crippen LogP contribution is -2.54. The summed E-state index contributed by atoms with van der Waals surface area (Å²) in [5.41, 5.74) is 4.90. The van der Waals surface area contributed by atoms with Crippen LogP contribution >= 0.6 is 0 Å². The van der Waals surface area contributed by atoms with Gasteiger partial charge in [0.15, 0.2) is 5.83 Å². The van der Waals surface area contributed by atoms with E-state index in [9.17, 15) is 14.0 Å². The number of rotatable bonds is 7. The Kier molecular flexibility index (Phi) is 7.70. The summed E-state index contributed by atoms with van der Waals surface area (Å²) in [5, 5.41) is 11.5. The van der Waals surface area contributed by atoms with Gasteiger partial charge in [-0.25, -0.2) is 9.37 Å². The van der Waals surface area contributed by atoms with Crippen molar-refractivity contribution < 1.29 is 18.7 Å². The molecular weight excluding hydrogens is 515 g/mol. The number of aromatic nitrogens is 4. The first-order valence-electron chi connectivity index (χ1n) is 13.4. The lowest BCUT2D eigenvalue weighted by atomic mass is 9.93. The fourth-order valence-corrected chi connectivity index (χ4v) is 5.46. The zero-order valence-electron chi connectivity index (χ0n) is 23.3. The Labute approximate surface area is 232 Å². The summed E-state index contributed by atoms with van der Waals surface area (Å²) in [4.78, 5) is 39.2. The third kappa shape index (κ3) is 5.35. The summed E-state index contributed by atoms with van der Waals surface area (Å²) in [5.74, 6) is -0.476. The summed E-state index contributed by atoms with van der Waals surface area (Å²) in [6, 6.07) is 3.95. The van der Waals surface area contributed by atoms with Crippen LogP contribution in [0, 0.1) is 6.92 Å².